The fourth-order valence-electron chi connectivity index (χ4n) is 2.94. The third-order valence-corrected chi connectivity index (χ3v) is 6.44. The molecule has 188 valence electrons. The van der Waals surface area contributed by atoms with E-state index < -0.39 is 29.7 Å². The van der Waals surface area contributed by atoms with Crippen LogP contribution in [0.2, 0.25) is 0 Å². The normalized spacial score (nSPS) is 13.5. The molecule has 2 aromatic heterocycles. The lowest BCUT2D eigenvalue weighted by molar-refractivity contribution is 0.0486. The largest absolute Gasteiger partial charge is 0.461 e. The highest BCUT2D eigenvalue weighted by atomic mass is 32.1. The molecule has 2 heterocycles. The van der Waals surface area contributed by atoms with Crippen LogP contribution in [0.4, 0.5) is 4.79 Å². The predicted octanol–water partition coefficient (Wildman–Crippen LogP) is 5.13. The van der Waals surface area contributed by atoms with E-state index in [-0.39, 0.29) is 35.7 Å². The summed E-state index contributed by atoms with van der Waals surface area (Å²) in [6.07, 6.45) is -0.534. The van der Waals surface area contributed by atoms with E-state index in [9.17, 15) is 14.4 Å². The average molecular weight is 511 g/mol. The number of carbonyl (C=O) groups is 3. The first-order valence-corrected chi connectivity index (χ1v) is 13.0. The minimum Gasteiger partial charge on any atom is -0.461 e. The van der Waals surface area contributed by atoms with Crippen LogP contribution in [0.25, 0.3) is 0 Å². The third-order valence-electron chi connectivity index (χ3n) is 4.59. The molecular weight excluding hydrogens is 476 g/mol. The molecule has 0 aliphatic carbocycles. The third kappa shape index (κ3) is 7.76. The Labute approximate surface area is 208 Å². The minimum atomic E-state index is -0.617. The van der Waals surface area contributed by atoms with Crippen molar-refractivity contribution in [2.45, 2.75) is 73.1 Å². The second-order valence-electron chi connectivity index (χ2n) is 9.43. The maximum absolute atomic E-state index is 13.0. The topological polar surface area (TPSA) is 120 Å². The highest BCUT2D eigenvalue weighted by Crippen LogP contribution is 2.28. The molecule has 0 aromatic carbocycles. The van der Waals surface area contributed by atoms with Gasteiger partial charge in [-0.25, -0.2) is 19.6 Å². The van der Waals surface area contributed by atoms with Gasteiger partial charge in [-0.05, 0) is 39.5 Å². The molecule has 0 fully saturated rings. The molecule has 34 heavy (non-hydrogen) atoms. The monoisotopic (exact) mass is 510 g/mol. The number of rotatable bonds is 9. The van der Waals surface area contributed by atoms with Crippen LogP contribution >= 0.6 is 22.7 Å². The van der Waals surface area contributed by atoms with Crippen LogP contribution < -0.4 is 10.6 Å². The van der Waals surface area contributed by atoms with Crippen LogP contribution in [0.15, 0.2) is 10.8 Å². The molecule has 9 nitrogen and oxygen atoms in total. The maximum atomic E-state index is 13.0. The first kappa shape index (κ1) is 27.7. The number of ether oxygens (including phenoxy) is 2. The van der Waals surface area contributed by atoms with Crippen LogP contribution in [-0.4, -0.2) is 40.1 Å². The highest BCUT2D eigenvalue weighted by molar-refractivity contribution is 7.10. The van der Waals surface area contributed by atoms with Gasteiger partial charge < -0.3 is 20.1 Å². The van der Waals surface area contributed by atoms with Crippen molar-refractivity contribution in [1.29, 1.82) is 0 Å². The van der Waals surface area contributed by atoms with Crippen molar-refractivity contribution in [3.05, 3.63) is 32.2 Å². The molecule has 0 saturated carbocycles. The molecule has 0 radical (unpaired) electrons. The minimum absolute atomic E-state index is 0.0282. The number of carbonyl (C=O) groups excluding carboxylic acids is 3. The summed E-state index contributed by atoms with van der Waals surface area (Å²) in [7, 11) is 0. The van der Waals surface area contributed by atoms with Gasteiger partial charge in [0.15, 0.2) is 5.69 Å². The number of nitrogens with one attached hydrogen (secondary N) is 2. The number of amides is 2. The van der Waals surface area contributed by atoms with Crippen LogP contribution in [-0.2, 0) is 9.47 Å². The van der Waals surface area contributed by atoms with Crippen molar-refractivity contribution >= 4 is 40.6 Å². The van der Waals surface area contributed by atoms with Gasteiger partial charge in [-0.15, -0.1) is 22.7 Å². The molecule has 2 N–H and O–H groups in total. The van der Waals surface area contributed by atoms with Crippen LogP contribution in [0.5, 0.6) is 0 Å². The standard InChI is InChI=1S/C23H34N4O5S2/c1-9-31-21(29)15-11-34-19(25-15)16(12(2)3)26-18(28)14-10-33-20(24-14)17(13(4)5)27-22(30)32-23(6,7)8/h10-13,16-17H,9H2,1-8H3,(H,26,28)(H,27,30)/t16-,17-/m0/s1. The first-order valence-electron chi connectivity index (χ1n) is 11.2. The van der Waals surface area contributed by atoms with E-state index in [1.54, 1.807) is 38.5 Å². The van der Waals surface area contributed by atoms with Gasteiger partial charge in [0.2, 0.25) is 0 Å². The Morgan fingerprint density at radius 3 is 1.91 bits per heavy atom. The number of hydrogen-bond donors (Lipinski definition) is 2. The Morgan fingerprint density at radius 2 is 1.41 bits per heavy atom. The van der Waals surface area contributed by atoms with Crippen molar-refractivity contribution in [3.63, 3.8) is 0 Å². The van der Waals surface area contributed by atoms with E-state index >= 15 is 0 Å². The summed E-state index contributed by atoms with van der Waals surface area (Å²) in [5, 5.41) is 10.4. The Bertz CT molecular complexity index is 994. The quantitative estimate of drug-likeness (QED) is 0.449. The lowest BCUT2D eigenvalue weighted by Crippen LogP contribution is -2.37. The zero-order valence-electron chi connectivity index (χ0n) is 20.9. The van der Waals surface area contributed by atoms with E-state index in [1.165, 1.54) is 22.7 Å². The molecular formula is C23H34N4O5S2. The van der Waals surface area contributed by atoms with Crippen LogP contribution in [0, 0.1) is 11.8 Å². The summed E-state index contributed by atoms with van der Waals surface area (Å²) in [4.78, 5) is 46.1. The van der Waals surface area contributed by atoms with Gasteiger partial charge in [-0.3, -0.25) is 4.79 Å². The Morgan fingerprint density at radius 1 is 0.912 bits per heavy atom. The fraction of sp³-hybridized carbons (Fsp3) is 0.609. The van der Waals surface area contributed by atoms with Crippen LogP contribution in [0.3, 0.4) is 0 Å². The zero-order valence-corrected chi connectivity index (χ0v) is 22.6. The van der Waals surface area contributed by atoms with Crippen molar-refractivity contribution in [2.75, 3.05) is 6.61 Å². The van der Waals surface area contributed by atoms with Crippen molar-refractivity contribution in [2.24, 2.45) is 11.8 Å². The Kier molecular flexibility index (Phi) is 9.57. The second kappa shape index (κ2) is 11.7. The number of nitrogens with zero attached hydrogens (tertiary/aromatic N) is 2. The lowest BCUT2D eigenvalue weighted by Gasteiger charge is -2.24. The van der Waals surface area contributed by atoms with E-state index in [1.807, 2.05) is 27.7 Å². The zero-order chi connectivity index (χ0) is 25.6. The number of aromatic nitrogens is 2. The van der Waals surface area contributed by atoms with E-state index in [2.05, 4.69) is 20.6 Å². The summed E-state index contributed by atoms with van der Waals surface area (Å²) in [6.45, 7) is 15.2. The molecule has 0 aliphatic heterocycles. The van der Waals surface area contributed by atoms with E-state index in [0.29, 0.717) is 10.0 Å². The van der Waals surface area contributed by atoms with Gasteiger partial charge in [0.25, 0.3) is 5.91 Å². The SMILES string of the molecule is CCOC(=O)c1csc([C@@H](NC(=O)c2csc([C@@H](NC(=O)OC(C)(C)C)C(C)C)n2)C(C)C)n1. The van der Waals surface area contributed by atoms with Gasteiger partial charge in [-0.2, -0.15) is 0 Å². The van der Waals surface area contributed by atoms with Crippen molar-refractivity contribution in [3.8, 4) is 0 Å². The van der Waals surface area contributed by atoms with Gasteiger partial charge in [0, 0.05) is 10.8 Å². The van der Waals surface area contributed by atoms with Crippen molar-refractivity contribution < 1.29 is 23.9 Å². The highest BCUT2D eigenvalue weighted by Gasteiger charge is 2.28. The van der Waals surface area contributed by atoms with Gasteiger partial charge in [0.05, 0.1) is 18.7 Å². The van der Waals surface area contributed by atoms with Gasteiger partial charge in [-0.1, -0.05) is 27.7 Å². The smallest absolute Gasteiger partial charge is 0.408 e. The lowest BCUT2D eigenvalue weighted by atomic mass is 10.0. The van der Waals surface area contributed by atoms with Crippen molar-refractivity contribution in [1.82, 2.24) is 20.6 Å². The van der Waals surface area contributed by atoms with E-state index in [4.69, 9.17) is 9.47 Å². The molecule has 0 aliphatic rings. The molecule has 0 unspecified atom stereocenters. The summed E-state index contributed by atoms with van der Waals surface area (Å²) >= 11 is 2.60. The summed E-state index contributed by atoms with van der Waals surface area (Å²) < 4.78 is 10.4. The molecule has 0 bridgehead atoms. The predicted molar refractivity (Wildman–Crippen MR) is 132 cm³/mol. The molecule has 0 saturated heterocycles. The molecule has 0 spiro atoms. The molecule has 2 aromatic rings. The number of alkyl carbamates (subject to hydrolysis) is 1. The first-order chi connectivity index (χ1) is 15.8. The number of esters is 1. The summed E-state index contributed by atoms with van der Waals surface area (Å²) in [5.74, 6) is -0.774. The Balaban J connectivity index is 2.15. The van der Waals surface area contributed by atoms with E-state index in [0.717, 1.165) is 0 Å². The molecule has 11 heteroatoms. The van der Waals surface area contributed by atoms with Gasteiger partial charge in [0.1, 0.15) is 21.3 Å². The summed E-state index contributed by atoms with van der Waals surface area (Å²) in [5.41, 5.74) is -0.135. The summed E-state index contributed by atoms with van der Waals surface area (Å²) in [6, 6.07) is -0.792. The number of hydrogen-bond acceptors (Lipinski definition) is 9. The second-order valence-corrected chi connectivity index (χ2v) is 11.2. The van der Waals surface area contributed by atoms with Crippen LogP contribution in [0.1, 0.15) is 98.5 Å². The molecule has 2 atom stereocenters. The average Bonchev–Trinajstić information content (AvgIpc) is 3.38. The molecule has 2 rings (SSSR count). The molecule has 2 amide bonds. The Hall–Kier alpha value is -2.53. The maximum Gasteiger partial charge on any atom is 0.408 e. The fourth-order valence-corrected chi connectivity index (χ4v) is 4.97. The number of thiazole rings is 2. The van der Waals surface area contributed by atoms with Gasteiger partial charge >= 0.3 is 12.1 Å².